The Hall–Kier alpha value is -1.28. The maximum Gasteiger partial charge on any atom is 0.122 e. The highest BCUT2D eigenvalue weighted by Crippen LogP contribution is 2.23. The zero-order valence-electron chi connectivity index (χ0n) is 11.0. The van der Waals surface area contributed by atoms with E-state index in [1.165, 1.54) is 16.7 Å². The van der Waals surface area contributed by atoms with E-state index in [2.05, 4.69) is 61.0 Å². The summed E-state index contributed by atoms with van der Waals surface area (Å²) < 4.78 is 6.98. The van der Waals surface area contributed by atoms with Crippen LogP contribution in [0.1, 0.15) is 22.3 Å². The lowest BCUT2D eigenvalue weighted by molar-refractivity contribution is 0.303. The molecule has 0 aliphatic heterocycles. The van der Waals surface area contributed by atoms with Gasteiger partial charge < -0.3 is 4.74 Å². The van der Waals surface area contributed by atoms with Crippen molar-refractivity contribution in [2.45, 2.75) is 27.4 Å². The highest BCUT2D eigenvalue weighted by Gasteiger charge is 2.03. The van der Waals surface area contributed by atoms with Gasteiger partial charge in [0, 0.05) is 4.47 Å². The van der Waals surface area contributed by atoms with Crippen LogP contribution in [0.3, 0.4) is 0 Å². The van der Waals surface area contributed by atoms with Crippen LogP contribution in [0.15, 0.2) is 40.9 Å². The first-order valence-corrected chi connectivity index (χ1v) is 6.80. The Labute approximate surface area is 117 Å². The van der Waals surface area contributed by atoms with Crippen molar-refractivity contribution in [2.24, 2.45) is 0 Å². The SMILES string of the molecule is Cc1ccc(C)c(COc2ccc(Br)cc2C)c1. The van der Waals surface area contributed by atoms with E-state index in [0.717, 1.165) is 15.8 Å². The van der Waals surface area contributed by atoms with E-state index in [0.29, 0.717) is 6.61 Å². The van der Waals surface area contributed by atoms with Gasteiger partial charge in [0.25, 0.3) is 0 Å². The number of benzene rings is 2. The lowest BCUT2D eigenvalue weighted by atomic mass is 10.1. The van der Waals surface area contributed by atoms with Crippen molar-refractivity contribution in [1.82, 2.24) is 0 Å². The molecule has 2 aromatic rings. The Bertz CT molecular complexity index is 561. The molecule has 0 saturated carbocycles. The Kier molecular flexibility index (Phi) is 4.07. The molecule has 0 N–H and O–H groups in total. The van der Waals surface area contributed by atoms with Crippen LogP contribution in [0.5, 0.6) is 5.75 Å². The monoisotopic (exact) mass is 304 g/mol. The highest BCUT2D eigenvalue weighted by atomic mass is 79.9. The van der Waals surface area contributed by atoms with E-state index < -0.39 is 0 Å². The van der Waals surface area contributed by atoms with Gasteiger partial charge in [-0.05, 0) is 55.7 Å². The predicted molar refractivity (Wildman–Crippen MR) is 79.1 cm³/mol. The Morgan fingerprint density at radius 1 is 0.944 bits per heavy atom. The molecule has 0 heterocycles. The Morgan fingerprint density at radius 2 is 1.72 bits per heavy atom. The van der Waals surface area contributed by atoms with E-state index in [9.17, 15) is 0 Å². The number of rotatable bonds is 3. The second kappa shape index (κ2) is 5.57. The van der Waals surface area contributed by atoms with E-state index in [-0.39, 0.29) is 0 Å². The first-order valence-electron chi connectivity index (χ1n) is 6.01. The van der Waals surface area contributed by atoms with Gasteiger partial charge in [0.1, 0.15) is 12.4 Å². The summed E-state index contributed by atoms with van der Waals surface area (Å²) >= 11 is 3.46. The van der Waals surface area contributed by atoms with Gasteiger partial charge in [-0.3, -0.25) is 0 Å². The minimum atomic E-state index is 0.621. The molecule has 0 aliphatic carbocycles. The summed E-state index contributed by atoms with van der Waals surface area (Å²) in [5, 5.41) is 0. The van der Waals surface area contributed by atoms with Crippen LogP contribution in [0, 0.1) is 20.8 Å². The molecule has 2 aromatic carbocycles. The lowest BCUT2D eigenvalue weighted by Crippen LogP contribution is -1.99. The molecule has 18 heavy (non-hydrogen) atoms. The molecule has 0 atom stereocenters. The van der Waals surface area contributed by atoms with E-state index >= 15 is 0 Å². The molecule has 0 amide bonds. The molecule has 0 bridgehead atoms. The van der Waals surface area contributed by atoms with Crippen molar-refractivity contribution in [3.63, 3.8) is 0 Å². The normalized spacial score (nSPS) is 10.4. The van der Waals surface area contributed by atoms with Crippen molar-refractivity contribution in [3.8, 4) is 5.75 Å². The molecule has 2 heteroatoms. The molecular weight excluding hydrogens is 288 g/mol. The van der Waals surface area contributed by atoms with Crippen LogP contribution in [0.25, 0.3) is 0 Å². The summed E-state index contributed by atoms with van der Waals surface area (Å²) in [7, 11) is 0. The molecule has 94 valence electrons. The minimum absolute atomic E-state index is 0.621. The zero-order chi connectivity index (χ0) is 13.1. The van der Waals surface area contributed by atoms with Crippen molar-refractivity contribution >= 4 is 15.9 Å². The maximum absolute atomic E-state index is 5.89. The third-order valence-electron chi connectivity index (χ3n) is 3.02. The summed E-state index contributed by atoms with van der Waals surface area (Å²) in [4.78, 5) is 0. The van der Waals surface area contributed by atoms with Gasteiger partial charge >= 0.3 is 0 Å². The molecular formula is C16H17BrO. The van der Waals surface area contributed by atoms with Crippen LogP contribution >= 0.6 is 15.9 Å². The summed E-state index contributed by atoms with van der Waals surface area (Å²) in [6, 6.07) is 12.5. The van der Waals surface area contributed by atoms with Crippen LogP contribution in [0.4, 0.5) is 0 Å². The predicted octanol–water partition coefficient (Wildman–Crippen LogP) is 4.95. The van der Waals surface area contributed by atoms with E-state index in [1.807, 2.05) is 12.1 Å². The largest absolute Gasteiger partial charge is 0.489 e. The van der Waals surface area contributed by atoms with Gasteiger partial charge in [-0.25, -0.2) is 0 Å². The van der Waals surface area contributed by atoms with Crippen molar-refractivity contribution in [3.05, 3.63) is 63.1 Å². The van der Waals surface area contributed by atoms with Crippen molar-refractivity contribution < 1.29 is 4.74 Å². The average molecular weight is 305 g/mol. The van der Waals surface area contributed by atoms with Crippen LogP contribution in [0.2, 0.25) is 0 Å². The molecule has 0 aliphatic rings. The summed E-state index contributed by atoms with van der Waals surface area (Å²) in [6.07, 6.45) is 0. The molecule has 1 nitrogen and oxygen atoms in total. The van der Waals surface area contributed by atoms with Gasteiger partial charge in [-0.15, -0.1) is 0 Å². The van der Waals surface area contributed by atoms with Crippen LogP contribution in [-0.4, -0.2) is 0 Å². The second-order valence-corrected chi connectivity index (χ2v) is 5.54. The first-order chi connectivity index (χ1) is 8.56. The summed E-state index contributed by atoms with van der Waals surface area (Å²) in [6.45, 7) is 6.90. The second-order valence-electron chi connectivity index (χ2n) is 4.63. The third-order valence-corrected chi connectivity index (χ3v) is 3.52. The lowest BCUT2D eigenvalue weighted by Gasteiger charge is -2.11. The van der Waals surface area contributed by atoms with Crippen molar-refractivity contribution in [1.29, 1.82) is 0 Å². The summed E-state index contributed by atoms with van der Waals surface area (Å²) in [5.41, 5.74) is 4.94. The van der Waals surface area contributed by atoms with Gasteiger partial charge in [-0.1, -0.05) is 39.7 Å². The Morgan fingerprint density at radius 3 is 2.44 bits per heavy atom. The smallest absolute Gasteiger partial charge is 0.122 e. The number of hydrogen-bond acceptors (Lipinski definition) is 1. The average Bonchev–Trinajstić information content (AvgIpc) is 2.32. The quantitative estimate of drug-likeness (QED) is 0.779. The number of aryl methyl sites for hydroxylation is 3. The maximum atomic E-state index is 5.89. The summed E-state index contributed by atoms with van der Waals surface area (Å²) in [5.74, 6) is 0.944. The number of hydrogen-bond donors (Lipinski definition) is 0. The fraction of sp³-hybridized carbons (Fsp3) is 0.250. The number of halogens is 1. The highest BCUT2D eigenvalue weighted by molar-refractivity contribution is 9.10. The molecule has 2 rings (SSSR count). The zero-order valence-corrected chi connectivity index (χ0v) is 12.5. The molecule has 0 aromatic heterocycles. The van der Waals surface area contributed by atoms with E-state index in [4.69, 9.17) is 4.74 Å². The van der Waals surface area contributed by atoms with Crippen molar-refractivity contribution in [2.75, 3.05) is 0 Å². The van der Waals surface area contributed by atoms with Crippen LogP contribution in [-0.2, 0) is 6.61 Å². The van der Waals surface area contributed by atoms with Gasteiger partial charge in [-0.2, -0.15) is 0 Å². The third kappa shape index (κ3) is 3.14. The molecule has 0 unspecified atom stereocenters. The molecule has 0 radical (unpaired) electrons. The van der Waals surface area contributed by atoms with Gasteiger partial charge in [0.2, 0.25) is 0 Å². The minimum Gasteiger partial charge on any atom is -0.489 e. The topological polar surface area (TPSA) is 9.23 Å². The van der Waals surface area contributed by atoms with Gasteiger partial charge in [0.05, 0.1) is 0 Å². The van der Waals surface area contributed by atoms with E-state index in [1.54, 1.807) is 0 Å². The standard InChI is InChI=1S/C16H17BrO/c1-11-4-5-12(2)14(8-11)10-18-16-7-6-15(17)9-13(16)3/h4-9H,10H2,1-3H3. The Balaban J connectivity index is 2.13. The fourth-order valence-electron chi connectivity index (χ4n) is 1.89. The fourth-order valence-corrected chi connectivity index (χ4v) is 2.36. The first kappa shape index (κ1) is 13.2. The molecule has 0 spiro atoms. The van der Waals surface area contributed by atoms with Gasteiger partial charge in [0.15, 0.2) is 0 Å². The van der Waals surface area contributed by atoms with Crippen LogP contribution < -0.4 is 4.74 Å². The molecule has 0 saturated heterocycles. The number of ether oxygens (including phenoxy) is 1. The molecule has 0 fully saturated rings.